The van der Waals surface area contributed by atoms with Crippen LogP contribution < -0.4 is 15.4 Å². The lowest BCUT2D eigenvalue weighted by Gasteiger charge is -2.22. The largest absolute Gasteiger partial charge is 0.381 e. The van der Waals surface area contributed by atoms with Crippen LogP contribution in [0, 0.1) is 5.92 Å². The molecule has 0 saturated heterocycles. The third-order valence-corrected chi connectivity index (χ3v) is 5.44. The van der Waals surface area contributed by atoms with Crippen molar-refractivity contribution in [3.8, 4) is 0 Å². The van der Waals surface area contributed by atoms with Crippen LogP contribution in [0.25, 0.3) is 0 Å². The first-order valence-corrected chi connectivity index (χ1v) is 11.2. The molecule has 9 heteroatoms. The number of aliphatic imine (C=N–C) groups is 1. The Labute approximate surface area is 193 Å². The van der Waals surface area contributed by atoms with Crippen molar-refractivity contribution in [2.75, 3.05) is 26.8 Å². The van der Waals surface area contributed by atoms with Crippen LogP contribution in [0.3, 0.4) is 0 Å². The first kappa shape index (κ1) is 28.1. The van der Waals surface area contributed by atoms with Gasteiger partial charge >= 0.3 is 0 Å². The van der Waals surface area contributed by atoms with Crippen LogP contribution in [0.15, 0.2) is 34.2 Å². The van der Waals surface area contributed by atoms with Crippen molar-refractivity contribution in [2.24, 2.45) is 10.9 Å². The number of rotatable bonds is 10. The molecule has 0 amide bonds. The average Bonchev–Trinajstić information content (AvgIpc) is 2.58. The molecule has 0 aliphatic carbocycles. The topological polar surface area (TPSA) is 91.8 Å². The first-order chi connectivity index (χ1) is 13.0. The summed E-state index contributed by atoms with van der Waals surface area (Å²) in [6, 6.07) is 6.98. The van der Waals surface area contributed by atoms with Crippen molar-refractivity contribution in [1.29, 1.82) is 0 Å². The fourth-order valence-electron chi connectivity index (χ4n) is 2.47. The molecule has 7 nitrogen and oxygen atoms in total. The van der Waals surface area contributed by atoms with Gasteiger partial charge in [-0.15, -0.1) is 24.0 Å². The molecular formula is C20H37IN4O3S. The number of hydrogen-bond acceptors (Lipinski definition) is 4. The number of sulfonamides is 1. The van der Waals surface area contributed by atoms with E-state index < -0.39 is 15.6 Å². The van der Waals surface area contributed by atoms with Crippen molar-refractivity contribution in [3.05, 3.63) is 29.8 Å². The van der Waals surface area contributed by atoms with Gasteiger partial charge in [-0.25, -0.2) is 13.1 Å². The van der Waals surface area contributed by atoms with E-state index in [-0.39, 0.29) is 28.9 Å². The van der Waals surface area contributed by atoms with Gasteiger partial charge < -0.3 is 15.4 Å². The van der Waals surface area contributed by atoms with Crippen molar-refractivity contribution < 1.29 is 13.2 Å². The van der Waals surface area contributed by atoms with E-state index in [9.17, 15) is 8.42 Å². The van der Waals surface area contributed by atoms with Gasteiger partial charge in [-0.05, 0) is 44.7 Å². The molecule has 0 aliphatic heterocycles. The second-order valence-electron chi connectivity index (χ2n) is 8.14. The highest BCUT2D eigenvalue weighted by Crippen LogP contribution is 2.17. The Morgan fingerprint density at radius 2 is 1.83 bits per heavy atom. The minimum atomic E-state index is -3.60. The Morgan fingerprint density at radius 3 is 2.41 bits per heavy atom. The Balaban J connectivity index is 0.00000784. The van der Waals surface area contributed by atoms with Gasteiger partial charge in [0.2, 0.25) is 10.0 Å². The van der Waals surface area contributed by atoms with Crippen LogP contribution in [-0.4, -0.2) is 46.7 Å². The Kier molecular flexibility index (Phi) is 13.0. The van der Waals surface area contributed by atoms with E-state index in [1.807, 2.05) is 26.8 Å². The molecule has 0 spiro atoms. The summed E-state index contributed by atoms with van der Waals surface area (Å²) in [5, 5.41) is 6.39. The van der Waals surface area contributed by atoms with Crippen molar-refractivity contribution >= 4 is 40.0 Å². The molecule has 3 N–H and O–H groups in total. The van der Waals surface area contributed by atoms with Crippen LogP contribution in [0.2, 0.25) is 0 Å². The summed E-state index contributed by atoms with van der Waals surface area (Å²) >= 11 is 0. The van der Waals surface area contributed by atoms with Crippen LogP contribution >= 0.6 is 24.0 Å². The lowest BCUT2D eigenvalue weighted by Crippen LogP contribution is -2.41. The molecule has 0 fully saturated rings. The normalized spacial score (nSPS) is 12.6. The Hall–Kier alpha value is -0.910. The first-order valence-electron chi connectivity index (χ1n) is 9.69. The molecule has 0 aliphatic rings. The van der Waals surface area contributed by atoms with Gasteiger partial charge in [0.05, 0.1) is 4.90 Å². The number of ether oxygens (including phenoxy) is 1. The van der Waals surface area contributed by atoms with Crippen LogP contribution in [0.1, 0.15) is 46.6 Å². The molecule has 1 aromatic carbocycles. The molecule has 0 heterocycles. The van der Waals surface area contributed by atoms with Crippen LogP contribution in [0.5, 0.6) is 0 Å². The summed E-state index contributed by atoms with van der Waals surface area (Å²) in [5.74, 6) is 1.16. The van der Waals surface area contributed by atoms with Gasteiger partial charge in [-0.3, -0.25) is 4.99 Å². The zero-order chi connectivity index (χ0) is 21.2. The zero-order valence-corrected chi connectivity index (χ0v) is 21.6. The molecule has 0 saturated carbocycles. The number of hydrogen-bond donors (Lipinski definition) is 3. The highest BCUT2D eigenvalue weighted by atomic mass is 127. The summed E-state index contributed by atoms with van der Waals surface area (Å²) in [5.41, 5.74) is 0.136. The van der Waals surface area contributed by atoms with E-state index in [4.69, 9.17) is 4.74 Å². The second kappa shape index (κ2) is 13.4. The molecule has 0 atom stereocenters. The standard InChI is InChI=1S/C20H36N4O3S.HI/c1-16(2)15-27-13-9-12-22-19(21-6)23-14-17-10-7-8-11-18(17)28(25,26)24-20(3,4)5;/h7-8,10-11,16,24H,9,12-15H2,1-6H3,(H2,21,22,23);1H. The minimum absolute atomic E-state index is 0. The quantitative estimate of drug-likeness (QED) is 0.184. The van der Waals surface area contributed by atoms with Crippen molar-refractivity contribution in [3.63, 3.8) is 0 Å². The molecule has 29 heavy (non-hydrogen) atoms. The monoisotopic (exact) mass is 540 g/mol. The molecule has 0 radical (unpaired) electrons. The Morgan fingerprint density at radius 1 is 1.17 bits per heavy atom. The van der Waals surface area contributed by atoms with Gasteiger partial charge in [0.25, 0.3) is 0 Å². The van der Waals surface area contributed by atoms with Crippen molar-refractivity contribution in [2.45, 2.75) is 58.0 Å². The maximum atomic E-state index is 12.7. The SMILES string of the molecule is CN=C(NCCCOCC(C)C)NCc1ccccc1S(=O)(=O)NC(C)(C)C.I. The smallest absolute Gasteiger partial charge is 0.241 e. The van der Waals surface area contributed by atoms with E-state index in [0.717, 1.165) is 19.6 Å². The number of nitrogens with zero attached hydrogens (tertiary/aromatic N) is 1. The van der Waals surface area contributed by atoms with E-state index in [1.165, 1.54) is 0 Å². The maximum Gasteiger partial charge on any atom is 0.241 e. The lowest BCUT2D eigenvalue weighted by atomic mass is 10.1. The summed E-state index contributed by atoms with van der Waals surface area (Å²) in [6.45, 7) is 12.3. The van der Waals surface area contributed by atoms with Crippen LogP contribution in [-0.2, 0) is 21.3 Å². The second-order valence-corrected chi connectivity index (χ2v) is 9.79. The predicted molar refractivity (Wildman–Crippen MR) is 130 cm³/mol. The average molecular weight is 541 g/mol. The predicted octanol–water partition coefficient (Wildman–Crippen LogP) is 3.11. The van der Waals surface area contributed by atoms with E-state index >= 15 is 0 Å². The number of benzene rings is 1. The molecule has 1 aromatic rings. The number of guanidine groups is 1. The van der Waals surface area contributed by atoms with Gasteiger partial charge in [-0.2, -0.15) is 0 Å². The van der Waals surface area contributed by atoms with Gasteiger partial charge in [0.15, 0.2) is 5.96 Å². The lowest BCUT2D eigenvalue weighted by molar-refractivity contribution is 0.108. The summed E-state index contributed by atoms with van der Waals surface area (Å²) in [4.78, 5) is 4.46. The number of nitrogens with one attached hydrogen (secondary N) is 3. The molecular weight excluding hydrogens is 503 g/mol. The van der Waals surface area contributed by atoms with E-state index in [0.29, 0.717) is 30.6 Å². The molecule has 168 valence electrons. The molecule has 1 rings (SSSR count). The third kappa shape index (κ3) is 11.8. The van der Waals surface area contributed by atoms with Gasteiger partial charge in [0, 0.05) is 38.9 Å². The van der Waals surface area contributed by atoms with E-state index in [1.54, 1.807) is 25.2 Å². The minimum Gasteiger partial charge on any atom is -0.381 e. The maximum absolute atomic E-state index is 12.7. The van der Waals surface area contributed by atoms with Crippen LogP contribution in [0.4, 0.5) is 0 Å². The highest BCUT2D eigenvalue weighted by molar-refractivity contribution is 14.0. The Bertz CT molecular complexity index is 731. The van der Waals surface area contributed by atoms with Gasteiger partial charge in [0.1, 0.15) is 0 Å². The van der Waals surface area contributed by atoms with Crippen molar-refractivity contribution in [1.82, 2.24) is 15.4 Å². The third-order valence-electron chi connectivity index (χ3n) is 3.58. The summed E-state index contributed by atoms with van der Waals surface area (Å²) in [7, 11) is -1.92. The fraction of sp³-hybridized carbons (Fsp3) is 0.650. The number of halogens is 1. The molecule has 0 unspecified atom stereocenters. The molecule has 0 aromatic heterocycles. The van der Waals surface area contributed by atoms with Gasteiger partial charge in [-0.1, -0.05) is 32.0 Å². The summed E-state index contributed by atoms with van der Waals surface area (Å²) in [6.07, 6.45) is 0.869. The van der Waals surface area contributed by atoms with E-state index in [2.05, 4.69) is 34.2 Å². The fourth-order valence-corrected chi connectivity index (χ4v) is 4.13. The summed E-state index contributed by atoms with van der Waals surface area (Å²) < 4.78 is 33.7. The molecule has 0 bridgehead atoms. The zero-order valence-electron chi connectivity index (χ0n) is 18.4. The highest BCUT2D eigenvalue weighted by Gasteiger charge is 2.24.